The van der Waals surface area contributed by atoms with E-state index >= 15 is 0 Å². The van der Waals surface area contributed by atoms with Crippen LogP contribution in [0, 0.1) is 24.7 Å². The van der Waals surface area contributed by atoms with E-state index < -0.39 is 6.10 Å². The summed E-state index contributed by atoms with van der Waals surface area (Å²) in [5, 5.41) is 4.00. The average Bonchev–Trinajstić information content (AvgIpc) is 3.02. The maximum absolute atomic E-state index is 5.88. The highest BCUT2D eigenvalue weighted by Gasteiger charge is 2.42. The molecular formula is C16H15NO5. The van der Waals surface area contributed by atoms with Crippen LogP contribution >= 0.6 is 0 Å². The summed E-state index contributed by atoms with van der Waals surface area (Å²) in [6.45, 7) is 1.04. The van der Waals surface area contributed by atoms with Crippen molar-refractivity contribution < 1.29 is 23.5 Å². The highest BCUT2D eigenvalue weighted by atomic mass is 16.6. The van der Waals surface area contributed by atoms with E-state index in [9.17, 15) is 0 Å². The molecule has 2 aliphatic heterocycles. The van der Waals surface area contributed by atoms with Crippen LogP contribution in [0.4, 0.5) is 0 Å². The van der Waals surface area contributed by atoms with Crippen LogP contribution in [0.25, 0.3) is 5.57 Å². The van der Waals surface area contributed by atoms with Crippen LogP contribution in [0.5, 0.6) is 0 Å². The van der Waals surface area contributed by atoms with Crippen molar-refractivity contribution in [1.29, 1.82) is 0 Å². The summed E-state index contributed by atoms with van der Waals surface area (Å²) in [5.74, 6) is 4.86. The Labute approximate surface area is 128 Å². The predicted octanol–water partition coefficient (Wildman–Crippen LogP) is 0.981. The fourth-order valence-electron chi connectivity index (χ4n) is 2.54. The third-order valence-corrected chi connectivity index (χ3v) is 3.50. The summed E-state index contributed by atoms with van der Waals surface area (Å²) in [6, 6.07) is 0. The number of rotatable bonds is 5. The maximum Gasteiger partial charge on any atom is 0.150 e. The summed E-state index contributed by atoms with van der Waals surface area (Å²) < 4.78 is 27.7. The Morgan fingerprint density at radius 3 is 3.00 bits per heavy atom. The minimum absolute atomic E-state index is 0.151. The van der Waals surface area contributed by atoms with Crippen LogP contribution in [-0.4, -0.2) is 43.3 Å². The molecule has 1 aromatic heterocycles. The molecule has 22 heavy (non-hydrogen) atoms. The van der Waals surface area contributed by atoms with Gasteiger partial charge in [0, 0.05) is 11.1 Å². The van der Waals surface area contributed by atoms with Gasteiger partial charge < -0.3 is 23.5 Å². The third-order valence-electron chi connectivity index (χ3n) is 3.50. The molecule has 3 heterocycles. The molecule has 0 bridgehead atoms. The molecule has 6 nitrogen and oxygen atoms in total. The molecule has 114 valence electrons. The van der Waals surface area contributed by atoms with E-state index in [2.05, 4.69) is 17.0 Å². The Morgan fingerprint density at radius 2 is 2.18 bits per heavy atom. The first-order valence-corrected chi connectivity index (χ1v) is 6.82. The lowest BCUT2D eigenvalue weighted by Crippen LogP contribution is -2.48. The van der Waals surface area contributed by atoms with Crippen LogP contribution in [0.3, 0.4) is 0 Å². The molecule has 0 spiro atoms. The van der Waals surface area contributed by atoms with Gasteiger partial charge in [0.05, 0.1) is 19.5 Å². The molecule has 0 amide bonds. The second kappa shape index (κ2) is 6.67. The zero-order valence-electron chi connectivity index (χ0n) is 11.9. The molecule has 3 atom stereocenters. The van der Waals surface area contributed by atoms with E-state index in [1.54, 1.807) is 12.5 Å². The number of hydrogen-bond acceptors (Lipinski definition) is 6. The maximum atomic E-state index is 5.88. The molecule has 0 saturated heterocycles. The van der Waals surface area contributed by atoms with Gasteiger partial charge in [-0.05, 0) is 0 Å². The van der Waals surface area contributed by atoms with Crippen molar-refractivity contribution in [3.05, 3.63) is 23.8 Å². The highest BCUT2D eigenvalue weighted by Crippen LogP contribution is 2.36. The number of fused-ring (bicyclic) bond motifs is 3. The average molecular weight is 301 g/mol. The molecule has 0 N–H and O–H groups in total. The van der Waals surface area contributed by atoms with Crippen LogP contribution in [-0.2, 0) is 25.6 Å². The molecule has 0 saturated carbocycles. The SMILES string of the molecule is C#CCOC[C@H]1OC=C2c3nocc3CO[C@H]2[C@@H]1OCC#C. The summed E-state index contributed by atoms with van der Waals surface area (Å²) in [4.78, 5) is 0. The van der Waals surface area contributed by atoms with Gasteiger partial charge in [-0.15, -0.1) is 12.8 Å². The molecule has 0 fully saturated rings. The fraction of sp³-hybridized carbons (Fsp3) is 0.438. The van der Waals surface area contributed by atoms with Crippen molar-refractivity contribution in [2.75, 3.05) is 19.8 Å². The van der Waals surface area contributed by atoms with Crippen LogP contribution in [0.2, 0.25) is 0 Å². The van der Waals surface area contributed by atoms with Crippen molar-refractivity contribution in [1.82, 2.24) is 5.16 Å². The topological polar surface area (TPSA) is 63.0 Å². The predicted molar refractivity (Wildman–Crippen MR) is 76.2 cm³/mol. The standard InChI is InChI=1S/C16H15NO5/c1-3-5-18-10-13-16(19-6-4-2)15-12(9-20-13)14-11(7-21-15)8-22-17-14/h1-2,8-9,13,15-16H,5-7,10H2/t13-,15-,16-/m1/s1. The Hall–Kier alpha value is -2.25. The zero-order chi connectivity index (χ0) is 15.4. The quantitative estimate of drug-likeness (QED) is 0.597. The second-order valence-corrected chi connectivity index (χ2v) is 4.87. The first-order valence-electron chi connectivity index (χ1n) is 6.82. The summed E-state index contributed by atoms with van der Waals surface area (Å²) in [5.41, 5.74) is 2.39. The smallest absolute Gasteiger partial charge is 0.150 e. The fourth-order valence-corrected chi connectivity index (χ4v) is 2.54. The molecule has 1 aromatic rings. The number of nitrogens with zero attached hydrogens (tertiary/aromatic N) is 1. The lowest BCUT2D eigenvalue weighted by Gasteiger charge is -2.38. The van der Waals surface area contributed by atoms with Crippen molar-refractivity contribution in [3.8, 4) is 24.7 Å². The number of aromatic nitrogens is 1. The first-order chi connectivity index (χ1) is 10.8. The Kier molecular flexibility index (Phi) is 4.45. The van der Waals surface area contributed by atoms with Gasteiger partial charge in [-0.2, -0.15) is 0 Å². The van der Waals surface area contributed by atoms with Gasteiger partial charge in [-0.3, -0.25) is 0 Å². The van der Waals surface area contributed by atoms with E-state index in [1.165, 1.54) is 0 Å². The van der Waals surface area contributed by atoms with E-state index in [0.29, 0.717) is 6.61 Å². The van der Waals surface area contributed by atoms with Gasteiger partial charge in [0.25, 0.3) is 0 Å². The molecule has 0 aromatic carbocycles. The highest BCUT2D eigenvalue weighted by molar-refractivity contribution is 5.69. The van der Waals surface area contributed by atoms with E-state index in [0.717, 1.165) is 16.8 Å². The second-order valence-electron chi connectivity index (χ2n) is 4.87. The largest absolute Gasteiger partial charge is 0.492 e. The van der Waals surface area contributed by atoms with Gasteiger partial charge >= 0.3 is 0 Å². The monoisotopic (exact) mass is 301 g/mol. The zero-order valence-corrected chi connectivity index (χ0v) is 11.9. The summed E-state index contributed by atoms with van der Waals surface area (Å²) in [6.07, 6.45) is 12.5. The number of ether oxygens (including phenoxy) is 4. The van der Waals surface area contributed by atoms with Crippen molar-refractivity contribution >= 4 is 5.57 Å². The van der Waals surface area contributed by atoms with Crippen molar-refractivity contribution in [2.45, 2.75) is 24.9 Å². The van der Waals surface area contributed by atoms with Gasteiger partial charge in [-0.25, -0.2) is 0 Å². The Morgan fingerprint density at radius 1 is 1.32 bits per heavy atom. The number of terminal acetylenes is 2. The Bertz CT molecular complexity index is 636. The Balaban J connectivity index is 1.81. The minimum atomic E-state index is -0.404. The van der Waals surface area contributed by atoms with Crippen LogP contribution < -0.4 is 0 Å². The molecule has 6 heteroatoms. The molecule has 0 radical (unpaired) electrons. The van der Waals surface area contributed by atoms with Gasteiger partial charge in [0.15, 0.2) is 6.10 Å². The molecule has 3 rings (SSSR count). The molecule has 0 unspecified atom stereocenters. The van der Waals surface area contributed by atoms with Crippen molar-refractivity contribution in [2.24, 2.45) is 0 Å². The van der Waals surface area contributed by atoms with Crippen LogP contribution in [0.1, 0.15) is 11.3 Å². The van der Waals surface area contributed by atoms with E-state index in [1.807, 2.05) is 0 Å². The van der Waals surface area contributed by atoms with E-state index in [4.69, 9.17) is 36.3 Å². The van der Waals surface area contributed by atoms with Gasteiger partial charge in [0.1, 0.15) is 37.4 Å². The minimum Gasteiger partial charge on any atom is -0.492 e. The molecule has 0 aliphatic carbocycles. The summed E-state index contributed by atoms with van der Waals surface area (Å²) >= 11 is 0. The normalized spacial score (nSPS) is 25.9. The van der Waals surface area contributed by atoms with E-state index in [-0.39, 0.29) is 32.0 Å². The summed E-state index contributed by atoms with van der Waals surface area (Å²) in [7, 11) is 0. The number of hydrogen-bond donors (Lipinski definition) is 0. The lowest BCUT2D eigenvalue weighted by molar-refractivity contribution is -0.131. The molecular weight excluding hydrogens is 286 g/mol. The van der Waals surface area contributed by atoms with Gasteiger partial charge in [-0.1, -0.05) is 17.0 Å². The first kappa shape index (κ1) is 14.7. The third kappa shape index (κ3) is 2.72. The molecule has 2 aliphatic rings. The van der Waals surface area contributed by atoms with Crippen LogP contribution in [0.15, 0.2) is 17.0 Å². The van der Waals surface area contributed by atoms with Crippen molar-refractivity contribution in [3.63, 3.8) is 0 Å². The van der Waals surface area contributed by atoms with Gasteiger partial charge in [0.2, 0.25) is 0 Å². The lowest BCUT2D eigenvalue weighted by atomic mass is 9.93.